The van der Waals surface area contributed by atoms with E-state index < -0.39 is 15.9 Å². The van der Waals surface area contributed by atoms with Crippen LogP contribution in [0.25, 0.3) is 10.9 Å². The van der Waals surface area contributed by atoms with Gasteiger partial charge in [-0.2, -0.15) is 4.98 Å². The number of aromatic nitrogens is 3. The normalized spacial score (nSPS) is 14.0. The van der Waals surface area contributed by atoms with Crippen molar-refractivity contribution in [3.8, 4) is 23.4 Å². The third-order valence-corrected chi connectivity index (χ3v) is 8.20. The molecule has 4 aromatic rings. The minimum absolute atomic E-state index is 0.201. The van der Waals surface area contributed by atoms with Crippen molar-refractivity contribution >= 4 is 38.2 Å². The van der Waals surface area contributed by atoms with Crippen molar-refractivity contribution < 1.29 is 27.4 Å². The topological polar surface area (TPSA) is 137 Å². The molecule has 0 unspecified atom stereocenters. The first-order valence-electron chi connectivity index (χ1n) is 14.8. The molecule has 1 amide bonds. The molecule has 13 heteroatoms. The number of amides is 1. The molecule has 2 N–H and O–H groups in total. The summed E-state index contributed by atoms with van der Waals surface area (Å²) in [6.07, 6.45) is 5.09. The van der Waals surface area contributed by atoms with Gasteiger partial charge in [-0.05, 0) is 61.2 Å². The van der Waals surface area contributed by atoms with E-state index in [9.17, 15) is 13.2 Å². The van der Waals surface area contributed by atoms with Gasteiger partial charge in [0.05, 0.1) is 30.3 Å². The SMILES string of the molecule is COc1c(NC(=O)c2cc3cccc(Oc4ccnc(OCCN5CCCC5)n4)c3n2C)cc(C(C)(C)C)cc1NS(C)(=O)=O. The van der Waals surface area contributed by atoms with Gasteiger partial charge in [0.1, 0.15) is 12.3 Å². The van der Waals surface area contributed by atoms with Crippen molar-refractivity contribution in [2.75, 3.05) is 49.6 Å². The number of carbonyl (C=O) groups excluding carboxylic acids is 1. The second-order valence-electron chi connectivity index (χ2n) is 12.1. The van der Waals surface area contributed by atoms with Crippen molar-refractivity contribution in [2.45, 2.75) is 39.0 Å². The zero-order valence-corrected chi connectivity index (χ0v) is 27.3. The second kappa shape index (κ2) is 12.9. The van der Waals surface area contributed by atoms with Gasteiger partial charge < -0.3 is 24.1 Å². The Morgan fingerprint density at radius 2 is 1.80 bits per heavy atom. The first kappa shape index (κ1) is 32.0. The predicted molar refractivity (Wildman–Crippen MR) is 174 cm³/mol. The number of aryl methyl sites for hydroxylation is 1. The molecule has 0 atom stereocenters. The monoisotopic (exact) mass is 636 g/mol. The highest BCUT2D eigenvalue weighted by Crippen LogP contribution is 2.40. The average Bonchev–Trinajstić information content (AvgIpc) is 3.60. The number of benzene rings is 2. The summed E-state index contributed by atoms with van der Waals surface area (Å²) >= 11 is 0. The van der Waals surface area contributed by atoms with E-state index in [1.165, 1.54) is 20.0 Å². The molecule has 3 heterocycles. The van der Waals surface area contributed by atoms with E-state index in [0.29, 0.717) is 35.1 Å². The molecular formula is C32H40N6O6S. The predicted octanol–water partition coefficient (Wildman–Crippen LogP) is 5.17. The molecule has 1 aliphatic rings. The Balaban J connectivity index is 1.40. The fraction of sp³-hybridized carbons (Fsp3) is 0.406. The molecule has 0 radical (unpaired) electrons. The van der Waals surface area contributed by atoms with Crippen LogP contribution in [0.3, 0.4) is 0 Å². The number of nitrogens with zero attached hydrogens (tertiary/aromatic N) is 4. The first-order chi connectivity index (χ1) is 21.3. The van der Waals surface area contributed by atoms with Gasteiger partial charge in [0.15, 0.2) is 11.5 Å². The van der Waals surface area contributed by atoms with E-state index in [4.69, 9.17) is 14.2 Å². The molecule has 45 heavy (non-hydrogen) atoms. The van der Waals surface area contributed by atoms with Gasteiger partial charge in [-0.15, -0.1) is 0 Å². The average molecular weight is 637 g/mol. The number of methoxy groups -OCH3 is 1. The summed E-state index contributed by atoms with van der Waals surface area (Å²) in [5.41, 5.74) is 2.08. The summed E-state index contributed by atoms with van der Waals surface area (Å²) in [5, 5.41) is 3.72. The van der Waals surface area contributed by atoms with Crippen LogP contribution in [-0.4, -0.2) is 73.4 Å². The minimum Gasteiger partial charge on any atom is -0.492 e. The van der Waals surface area contributed by atoms with Gasteiger partial charge >= 0.3 is 6.01 Å². The summed E-state index contributed by atoms with van der Waals surface area (Å²) in [4.78, 5) is 24.7. The highest BCUT2D eigenvalue weighted by molar-refractivity contribution is 7.92. The molecule has 0 aliphatic carbocycles. The van der Waals surface area contributed by atoms with Crippen LogP contribution in [0.4, 0.5) is 11.4 Å². The lowest BCUT2D eigenvalue weighted by Crippen LogP contribution is -2.25. The number of sulfonamides is 1. The van der Waals surface area contributed by atoms with Gasteiger partial charge in [-0.25, -0.2) is 13.4 Å². The van der Waals surface area contributed by atoms with Crippen LogP contribution in [-0.2, 0) is 22.5 Å². The first-order valence-corrected chi connectivity index (χ1v) is 16.7. The van der Waals surface area contributed by atoms with E-state index in [1.54, 1.807) is 48.1 Å². The number of nitrogens with one attached hydrogen (secondary N) is 2. The van der Waals surface area contributed by atoms with Crippen LogP contribution in [0.15, 0.2) is 48.7 Å². The largest absolute Gasteiger partial charge is 0.492 e. The number of likely N-dealkylation sites (tertiary alicyclic amines) is 1. The summed E-state index contributed by atoms with van der Waals surface area (Å²) in [6.45, 7) is 9.49. The number of hydrogen-bond acceptors (Lipinski definition) is 9. The Bertz CT molecular complexity index is 1810. The van der Waals surface area contributed by atoms with Crippen LogP contribution >= 0.6 is 0 Å². The van der Waals surface area contributed by atoms with E-state index in [2.05, 4.69) is 24.9 Å². The van der Waals surface area contributed by atoms with Crippen molar-refractivity contribution in [3.05, 3.63) is 59.9 Å². The summed E-state index contributed by atoms with van der Waals surface area (Å²) in [7, 11) is -0.417. The van der Waals surface area contributed by atoms with Crippen molar-refractivity contribution in [2.24, 2.45) is 7.05 Å². The van der Waals surface area contributed by atoms with Crippen LogP contribution in [0.2, 0.25) is 0 Å². The number of ether oxygens (including phenoxy) is 3. The van der Waals surface area contributed by atoms with Crippen molar-refractivity contribution in [1.82, 2.24) is 19.4 Å². The number of para-hydroxylation sites is 1. The zero-order valence-electron chi connectivity index (χ0n) is 26.5. The lowest BCUT2D eigenvalue weighted by Gasteiger charge is -2.24. The van der Waals surface area contributed by atoms with Crippen molar-refractivity contribution in [1.29, 1.82) is 0 Å². The molecule has 1 aliphatic heterocycles. The van der Waals surface area contributed by atoms with Crippen LogP contribution < -0.4 is 24.2 Å². The Morgan fingerprint density at radius 3 is 2.49 bits per heavy atom. The van der Waals surface area contributed by atoms with Gasteiger partial charge in [0.25, 0.3) is 5.91 Å². The molecule has 0 spiro atoms. The van der Waals surface area contributed by atoms with Crippen LogP contribution in [0.1, 0.15) is 49.7 Å². The Kier molecular flexibility index (Phi) is 9.21. The standard InChI is InChI=1S/C32H40N6O6S/c1-32(2,3)22-19-23(29(42-5)24(20-22)36-45(6,40)41)34-30(39)25-18-21-10-9-11-26(28(21)37(25)4)44-27-12-13-33-31(35-27)43-17-16-38-14-7-8-15-38/h9-13,18-20,36H,7-8,14-17H2,1-6H3,(H,34,39). The highest BCUT2D eigenvalue weighted by Gasteiger charge is 2.24. The molecule has 240 valence electrons. The smallest absolute Gasteiger partial charge is 0.319 e. The molecule has 5 rings (SSSR count). The summed E-state index contributed by atoms with van der Waals surface area (Å²) in [5.74, 6) is 0.607. The van der Waals surface area contributed by atoms with E-state index in [-0.39, 0.29) is 22.9 Å². The lowest BCUT2D eigenvalue weighted by molar-refractivity contribution is 0.101. The third-order valence-electron chi connectivity index (χ3n) is 7.61. The maximum Gasteiger partial charge on any atom is 0.319 e. The molecule has 1 saturated heterocycles. The number of carbonyl (C=O) groups is 1. The number of rotatable bonds is 11. The van der Waals surface area contributed by atoms with E-state index >= 15 is 0 Å². The maximum atomic E-state index is 13.7. The number of fused-ring (bicyclic) bond motifs is 1. The fourth-order valence-corrected chi connectivity index (χ4v) is 5.90. The molecule has 0 saturated carbocycles. The van der Waals surface area contributed by atoms with E-state index in [1.807, 2.05) is 32.9 Å². The molecular weight excluding hydrogens is 596 g/mol. The van der Waals surface area contributed by atoms with Crippen LogP contribution in [0, 0.1) is 0 Å². The summed E-state index contributed by atoms with van der Waals surface area (Å²) in [6, 6.07) is 12.7. The summed E-state index contributed by atoms with van der Waals surface area (Å²) < 4.78 is 46.0. The third kappa shape index (κ3) is 7.66. The number of hydrogen-bond donors (Lipinski definition) is 2. The van der Waals surface area contributed by atoms with Crippen LogP contribution in [0.5, 0.6) is 23.4 Å². The van der Waals surface area contributed by atoms with Crippen molar-refractivity contribution in [3.63, 3.8) is 0 Å². The molecule has 12 nitrogen and oxygen atoms in total. The Hall–Kier alpha value is -4.36. The lowest BCUT2D eigenvalue weighted by atomic mass is 9.86. The fourth-order valence-electron chi connectivity index (χ4n) is 5.35. The maximum absolute atomic E-state index is 13.7. The Morgan fingerprint density at radius 1 is 1.07 bits per heavy atom. The number of anilines is 2. The van der Waals surface area contributed by atoms with Gasteiger partial charge in [0.2, 0.25) is 15.9 Å². The zero-order chi connectivity index (χ0) is 32.4. The molecule has 0 bridgehead atoms. The van der Waals surface area contributed by atoms with Gasteiger partial charge in [-0.3, -0.25) is 14.4 Å². The van der Waals surface area contributed by atoms with Gasteiger partial charge in [0, 0.05) is 31.2 Å². The highest BCUT2D eigenvalue weighted by atomic mass is 32.2. The quantitative estimate of drug-likeness (QED) is 0.229. The Labute approximate surface area is 263 Å². The second-order valence-corrected chi connectivity index (χ2v) is 13.9. The van der Waals surface area contributed by atoms with E-state index in [0.717, 1.165) is 36.8 Å². The molecule has 2 aromatic heterocycles. The van der Waals surface area contributed by atoms with Gasteiger partial charge in [-0.1, -0.05) is 32.9 Å². The minimum atomic E-state index is -3.61. The molecule has 1 fully saturated rings. The molecule has 2 aromatic carbocycles.